The number of nitrogens with zero attached hydrogens (tertiary/aromatic N) is 4. The molecule has 25 heavy (non-hydrogen) atoms. The molecule has 0 aliphatic carbocycles. The van der Waals surface area contributed by atoms with Crippen LogP contribution in [0.1, 0.15) is 24.8 Å². The average Bonchev–Trinajstić information content (AvgIpc) is 2.68. The number of anilines is 3. The minimum absolute atomic E-state index is 0.0432. The number of benzene rings is 1. The second kappa shape index (κ2) is 9.17. The molecule has 1 fully saturated rings. The maximum Gasteiger partial charge on any atom is 0.231 e. The second-order valence-electron chi connectivity index (χ2n) is 6.14. The summed E-state index contributed by atoms with van der Waals surface area (Å²) in [6, 6.07) is 10.3. The van der Waals surface area contributed by atoms with Crippen LogP contribution < -0.4 is 15.5 Å². The lowest BCUT2D eigenvalue weighted by Gasteiger charge is -2.27. The number of rotatable bonds is 8. The van der Waals surface area contributed by atoms with Gasteiger partial charge in [0, 0.05) is 26.2 Å². The van der Waals surface area contributed by atoms with Gasteiger partial charge < -0.3 is 20.6 Å². The lowest BCUT2D eigenvalue weighted by atomic mass is 10.1. The molecule has 1 aliphatic rings. The summed E-state index contributed by atoms with van der Waals surface area (Å²) in [6.07, 6.45) is 4.51. The minimum Gasteiger partial charge on any atom is -0.395 e. The fourth-order valence-electron chi connectivity index (χ4n) is 2.89. The first-order valence-corrected chi connectivity index (χ1v) is 8.99. The molecule has 3 N–H and O–H groups in total. The molecule has 2 heterocycles. The van der Waals surface area contributed by atoms with E-state index in [-0.39, 0.29) is 6.61 Å². The highest BCUT2D eigenvalue weighted by Crippen LogP contribution is 2.18. The van der Waals surface area contributed by atoms with Crippen LogP contribution in [0.15, 0.2) is 30.3 Å². The Morgan fingerprint density at radius 2 is 1.56 bits per heavy atom. The summed E-state index contributed by atoms with van der Waals surface area (Å²) >= 11 is 0. The summed E-state index contributed by atoms with van der Waals surface area (Å²) in [5.41, 5.74) is 1.28. The Hall–Kier alpha value is -2.41. The van der Waals surface area contributed by atoms with Gasteiger partial charge in [0.15, 0.2) is 0 Å². The fourth-order valence-corrected chi connectivity index (χ4v) is 2.89. The number of nitrogens with one attached hydrogen (secondary N) is 2. The van der Waals surface area contributed by atoms with E-state index in [0.717, 1.165) is 26.1 Å². The molecule has 134 valence electrons. The Morgan fingerprint density at radius 3 is 2.24 bits per heavy atom. The van der Waals surface area contributed by atoms with E-state index in [2.05, 4.69) is 42.6 Å². The maximum atomic E-state index is 9.02. The Labute approximate surface area is 148 Å². The largest absolute Gasteiger partial charge is 0.395 e. The van der Waals surface area contributed by atoms with Crippen LogP contribution in [0.5, 0.6) is 0 Å². The third-order valence-electron chi connectivity index (χ3n) is 4.20. The Bertz CT molecular complexity index is 645. The Kier molecular flexibility index (Phi) is 6.39. The highest BCUT2D eigenvalue weighted by molar-refractivity contribution is 5.44. The van der Waals surface area contributed by atoms with Crippen LogP contribution in [-0.2, 0) is 6.42 Å². The van der Waals surface area contributed by atoms with E-state index in [1.807, 2.05) is 18.2 Å². The molecular formula is C18H26N6O. The smallest absolute Gasteiger partial charge is 0.231 e. The molecule has 0 bridgehead atoms. The minimum atomic E-state index is 0.0432. The fraction of sp³-hybridized carbons (Fsp3) is 0.500. The van der Waals surface area contributed by atoms with Crippen molar-refractivity contribution in [3.8, 4) is 0 Å². The van der Waals surface area contributed by atoms with Crippen LogP contribution in [0.25, 0.3) is 0 Å². The van der Waals surface area contributed by atoms with Crippen molar-refractivity contribution in [1.29, 1.82) is 0 Å². The number of aliphatic hydroxyl groups is 1. The summed E-state index contributed by atoms with van der Waals surface area (Å²) in [5.74, 6) is 1.79. The van der Waals surface area contributed by atoms with Crippen molar-refractivity contribution in [3.05, 3.63) is 35.9 Å². The van der Waals surface area contributed by atoms with E-state index < -0.39 is 0 Å². The molecule has 2 aromatic rings. The van der Waals surface area contributed by atoms with Gasteiger partial charge in [-0.3, -0.25) is 0 Å². The zero-order valence-corrected chi connectivity index (χ0v) is 14.5. The van der Waals surface area contributed by atoms with Crippen LogP contribution in [0.2, 0.25) is 0 Å². The van der Waals surface area contributed by atoms with E-state index in [1.165, 1.54) is 24.8 Å². The van der Waals surface area contributed by atoms with Crippen molar-refractivity contribution in [2.45, 2.75) is 25.7 Å². The SMILES string of the molecule is OCCNc1nc(NCCc2ccccc2)nc(N2CCCCC2)n1. The second-order valence-corrected chi connectivity index (χ2v) is 6.14. The van der Waals surface area contributed by atoms with Gasteiger partial charge in [-0.2, -0.15) is 15.0 Å². The first-order valence-electron chi connectivity index (χ1n) is 8.99. The maximum absolute atomic E-state index is 9.02. The normalized spacial score (nSPS) is 14.4. The average molecular weight is 342 g/mol. The van der Waals surface area contributed by atoms with Gasteiger partial charge in [0.25, 0.3) is 0 Å². The number of hydrogen-bond donors (Lipinski definition) is 3. The molecule has 0 atom stereocenters. The molecule has 1 aliphatic heterocycles. The van der Waals surface area contributed by atoms with Gasteiger partial charge in [0.1, 0.15) is 0 Å². The third kappa shape index (κ3) is 5.29. The summed E-state index contributed by atoms with van der Waals surface area (Å²) in [6.45, 7) is 3.18. The van der Waals surface area contributed by atoms with Crippen LogP contribution >= 0.6 is 0 Å². The van der Waals surface area contributed by atoms with Crippen molar-refractivity contribution in [2.75, 3.05) is 48.3 Å². The van der Waals surface area contributed by atoms with Crippen LogP contribution in [0.4, 0.5) is 17.8 Å². The lowest BCUT2D eigenvalue weighted by Crippen LogP contribution is -2.31. The molecule has 0 unspecified atom stereocenters. The van der Waals surface area contributed by atoms with Gasteiger partial charge in [0.05, 0.1) is 6.61 Å². The van der Waals surface area contributed by atoms with E-state index in [0.29, 0.717) is 24.4 Å². The number of aromatic nitrogens is 3. The summed E-state index contributed by atoms with van der Waals surface area (Å²) in [4.78, 5) is 15.7. The molecule has 7 heteroatoms. The van der Waals surface area contributed by atoms with E-state index in [4.69, 9.17) is 5.11 Å². The number of aliphatic hydroxyl groups excluding tert-OH is 1. The molecule has 1 aromatic heterocycles. The molecule has 0 radical (unpaired) electrons. The summed E-state index contributed by atoms with van der Waals surface area (Å²) < 4.78 is 0. The summed E-state index contributed by atoms with van der Waals surface area (Å²) in [7, 11) is 0. The Balaban J connectivity index is 1.67. The van der Waals surface area contributed by atoms with Gasteiger partial charge in [-0.25, -0.2) is 0 Å². The van der Waals surface area contributed by atoms with Crippen LogP contribution in [-0.4, -0.2) is 52.8 Å². The van der Waals surface area contributed by atoms with Crippen LogP contribution in [0, 0.1) is 0 Å². The van der Waals surface area contributed by atoms with E-state index in [1.54, 1.807) is 0 Å². The van der Waals surface area contributed by atoms with Gasteiger partial charge in [-0.15, -0.1) is 0 Å². The van der Waals surface area contributed by atoms with Gasteiger partial charge in [0.2, 0.25) is 17.8 Å². The van der Waals surface area contributed by atoms with Crippen molar-refractivity contribution >= 4 is 17.8 Å². The predicted octanol–water partition coefficient (Wildman–Crippen LogP) is 1.92. The highest BCUT2D eigenvalue weighted by atomic mass is 16.3. The zero-order chi connectivity index (χ0) is 17.3. The monoisotopic (exact) mass is 342 g/mol. The Morgan fingerprint density at radius 1 is 0.880 bits per heavy atom. The topological polar surface area (TPSA) is 86.2 Å². The van der Waals surface area contributed by atoms with E-state index in [9.17, 15) is 0 Å². The molecule has 7 nitrogen and oxygen atoms in total. The molecule has 0 spiro atoms. The highest BCUT2D eigenvalue weighted by Gasteiger charge is 2.16. The van der Waals surface area contributed by atoms with E-state index >= 15 is 0 Å². The molecule has 1 saturated heterocycles. The van der Waals surface area contributed by atoms with Crippen molar-refractivity contribution < 1.29 is 5.11 Å². The number of piperidine rings is 1. The zero-order valence-electron chi connectivity index (χ0n) is 14.5. The first-order chi connectivity index (χ1) is 12.3. The van der Waals surface area contributed by atoms with Gasteiger partial charge in [-0.1, -0.05) is 30.3 Å². The molecule has 0 amide bonds. The summed E-state index contributed by atoms with van der Waals surface area (Å²) in [5, 5.41) is 15.4. The quantitative estimate of drug-likeness (QED) is 0.676. The number of hydrogen-bond acceptors (Lipinski definition) is 7. The van der Waals surface area contributed by atoms with Crippen molar-refractivity contribution in [1.82, 2.24) is 15.0 Å². The molecule has 1 aromatic carbocycles. The molecule has 0 saturated carbocycles. The first kappa shape index (κ1) is 17.4. The standard InChI is InChI=1S/C18H26N6O/c25-14-11-20-17-21-16(19-10-9-15-7-3-1-4-8-15)22-18(23-17)24-12-5-2-6-13-24/h1,3-4,7-8,25H,2,5-6,9-14H2,(H2,19,20,21,22,23). The lowest BCUT2D eigenvalue weighted by molar-refractivity contribution is 0.311. The molecular weight excluding hydrogens is 316 g/mol. The van der Waals surface area contributed by atoms with Gasteiger partial charge >= 0.3 is 0 Å². The third-order valence-corrected chi connectivity index (χ3v) is 4.20. The van der Waals surface area contributed by atoms with Crippen molar-refractivity contribution in [3.63, 3.8) is 0 Å². The van der Waals surface area contributed by atoms with Crippen molar-refractivity contribution in [2.24, 2.45) is 0 Å². The van der Waals surface area contributed by atoms with Crippen LogP contribution in [0.3, 0.4) is 0 Å². The van der Waals surface area contributed by atoms with Gasteiger partial charge in [-0.05, 0) is 31.2 Å². The molecule has 3 rings (SSSR count). The predicted molar refractivity (Wildman–Crippen MR) is 100 cm³/mol.